The molecule has 0 atom stereocenters. The third-order valence-corrected chi connectivity index (χ3v) is 10.5. The highest BCUT2D eigenvalue weighted by atomic mass is 16.3. The fraction of sp³-hybridized carbons (Fsp3) is 0. The van der Waals surface area contributed by atoms with Gasteiger partial charge in [0.2, 0.25) is 0 Å². The molecule has 3 nitrogen and oxygen atoms in total. The quantitative estimate of drug-likeness (QED) is 0.186. The number of hydrogen-bond acceptors (Lipinski definition) is 1. The molecule has 238 valence electrons. The van der Waals surface area contributed by atoms with Crippen LogP contribution in [0.2, 0.25) is 0 Å². The third-order valence-electron chi connectivity index (χ3n) is 10.5. The van der Waals surface area contributed by atoms with E-state index < -0.39 is 0 Å². The molecule has 11 aromatic rings. The Bertz CT molecular complexity index is 3100. The molecule has 3 heterocycles. The highest BCUT2D eigenvalue weighted by molar-refractivity contribution is 6.26. The average Bonchev–Trinajstić information content (AvgIpc) is 3.86. The van der Waals surface area contributed by atoms with E-state index in [9.17, 15) is 0 Å². The Morgan fingerprint density at radius 3 is 1.61 bits per heavy atom. The molecular weight excluding hydrogens is 621 g/mol. The van der Waals surface area contributed by atoms with Crippen LogP contribution in [0.3, 0.4) is 0 Å². The fourth-order valence-corrected chi connectivity index (χ4v) is 8.20. The first-order chi connectivity index (χ1) is 25.3. The molecule has 0 aliphatic carbocycles. The van der Waals surface area contributed by atoms with Gasteiger partial charge in [-0.3, -0.25) is 0 Å². The minimum Gasteiger partial charge on any atom is -0.456 e. The van der Waals surface area contributed by atoms with Gasteiger partial charge in [0, 0.05) is 43.7 Å². The van der Waals surface area contributed by atoms with Gasteiger partial charge >= 0.3 is 0 Å². The van der Waals surface area contributed by atoms with Gasteiger partial charge in [-0.25, -0.2) is 0 Å². The lowest BCUT2D eigenvalue weighted by Gasteiger charge is -2.11. The van der Waals surface area contributed by atoms with E-state index in [2.05, 4.69) is 179 Å². The Hall–Kier alpha value is -6.84. The van der Waals surface area contributed by atoms with Crippen LogP contribution in [0.4, 0.5) is 0 Å². The van der Waals surface area contributed by atoms with E-state index in [0.717, 1.165) is 33.3 Å². The van der Waals surface area contributed by atoms with E-state index in [4.69, 9.17) is 4.42 Å². The van der Waals surface area contributed by atoms with Crippen molar-refractivity contribution in [3.05, 3.63) is 182 Å². The Balaban J connectivity index is 1.12. The molecule has 0 fully saturated rings. The first kappa shape index (κ1) is 28.0. The number of para-hydroxylation sites is 3. The lowest BCUT2D eigenvalue weighted by atomic mass is 10.0. The van der Waals surface area contributed by atoms with Crippen molar-refractivity contribution in [3.63, 3.8) is 0 Å². The van der Waals surface area contributed by atoms with Crippen molar-refractivity contribution in [2.75, 3.05) is 0 Å². The summed E-state index contributed by atoms with van der Waals surface area (Å²) in [5.41, 5.74) is 13.7. The molecule has 8 aromatic carbocycles. The fourth-order valence-electron chi connectivity index (χ4n) is 8.20. The molecule has 0 saturated carbocycles. The van der Waals surface area contributed by atoms with Crippen LogP contribution in [0, 0.1) is 0 Å². The van der Waals surface area contributed by atoms with Gasteiger partial charge in [-0.05, 0) is 76.9 Å². The van der Waals surface area contributed by atoms with E-state index in [0.29, 0.717) is 0 Å². The number of aromatic nitrogens is 2. The standard InChI is InChI=1S/C48H30N2O/c1-2-10-31(11-3-1)32-18-20-33(21-19-32)34-22-24-35(25-23-34)49-43-16-8-5-14-40(43)47-44(49)28-27-39-37-12-4-7-15-42(37)50(48(39)47)36-26-29-46-41(30-36)38-13-6-9-17-45(38)51-46/h1-30H. The zero-order valence-corrected chi connectivity index (χ0v) is 27.6. The highest BCUT2D eigenvalue weighted by Crippen LogP contribution is 2.43. The molecule has 0 aliphatic rings. The Labute approximate surface area is 293 Å². The zero-order valence-electron chi connectivity index (χ0n) is 27.6. The maximum absolute atomic E-state index is 6.23. The smallest absolute Gasteiger partial charge is 0.135 e. The van der Waals surface area contributed by atoms with E-state index in [-0.39, 0.29) is 0 Å². The SMILES string of the molecule is c1ccc(-c2ccc(-c3ccc(-n4c5ccccc5c5c4ccc4c6ccccc6n(-c6ccc7oc8ccccc8c7c6)c45)cc3)cc2)cc1. The van der Waals surface area contributed by atoms with Crippen LogP contribution in [-0.2, 0) is 0 Å². The number of nitrogens with zero attached hydrogens (tertiary/aromatic N) is 2. The summed E-state index contributed by atoms with van der Waals surface area (Å²) in [5, 5.41) is 7.22. The van der Waals surface area contributed by atoms with Gasteiger partial charge < -0.3 is 13.6 Å². The van der Waals surface area contributed by atoms with E-state index in [1.165, 1.54) is 65.9 Å². The zero-order chi connectivity index (χ0) is 33.5. The van der Waals surface area contributed by atoms with Gasteiger partial charge in [0.25, 0.3) is 0 Å². The van der Waals surface area contributed by atoms with Gasteiger partial charge in [0.15, 0.2) is 0 Å². The Morgan fingerprint density at radius 2 is 0.863 bits per heavy atom. The predicted molar refractivity (Wildman–Crippen MR) is 213 cm³/mol. The van der Waals surface area contributed by atoms with Crippen molar-refractivity contribution in [2.45, 2.75) is 0 Å². The molecule has 0 aliphatic heterocycles. The Kier molecular flexibility index (Phi) is 5.96. The van der Waals surface area contributed by atoms with Gasteiger partial charge in [-0.2, -0.15) is 0 Å². The minimum atomic E-state index is 0.901. The second kappa shape index (κ2) is 10.8. The van der Waals surface area contributed by atoms with Crippen LogP contribution < -0.4 is 0 Å². The van der Waals surface area contributed by atoms with Crippen LogP contribution >= 0.6 is 0 Å². The van der Waals surface area contributed by atoms with Crippen LogP contribution in [0.5, 0.6) is 0 Å². The molecule has 0 bridgehead atoms. The van der Waals surface area contributed by atoms with E-state index in [1.54, 1.807) is 0 Å². The van der Waals surface area contributed by atoms with E-state index in [1.807, 2.05) is 12.1 Å². The van der Waals surface area contributed by atoms with E-state index >= 15 is 0 Å². The number of benzene rings is 8. The second-order valence-electron chi connectivity index (χ2n) is 13.3. The topological polar surface area (TPSA) is 23.0 Å². The van der Waals surface area contributed by atoms with Crippen molar-refractivity contribution in [3.8, 4) is 33.6 Å². The van der Waals surface area contributed by atoms with Crippen LogP contribution in [0.25, 0.3) is 99.2 Å². The lowest BCUT2D eigenvalue weighted by molar-refractivity contribution is 0.669. The van der Waals surface area contributed by atoms with Crippen LogP contribution in [0.1, 0.15) is 0 Å². The molecule has 0 amide bonds. The summed E-state index contributed by atoms with van der Waals surface area (Å²) in [4.78, 5) is 0. The summed E-state index contributed by atoms with van der Waals surface area (Å²) in [6.07, 6.45) is 0. The highest BCUT2D eigenvalue weighted by Gasteiger charge is 2.21. The maximum Gasteiger partial charge on any atom is 0.135 e. The van der Waals surface area contributed by atoms with Crippen molar-refractivity contribution < 1.29 is 4.42 Å². The summed E-state index contributed by atoms with van der Waals surface area (Å²) in [6, 6.07) is 65.5. The maximum atomic E-state index is 6.23. The monoisotopic (exact) mass is 650 g/mol. The predicted octanol–water partition coefficient (Wildman–Crippen LogP) is 13.1. The summed E-state index contributed by atoms with van der Waals surface area (Å²) >= 11 is 0. The lowest BCUT2D eigenvalue weighted by Crippen LogP contribution is -1.95. The molecule has 11 rings (SSSR count). The largest absolute Gasteiger partial charge is 0.456 e. The van der Waals surface area contributed by atoms with Crippen molar-refractivity contribution in [1.29, 1.82) is 0 Å². The van der Waals surface area contributed by atoms with Crippen LogP contribution in [0.15, 0.2) is 186 Å². The molecule has 3 aromatic heterocycles. The molecular formula is C48H30N2O. The molecule has 0 radical (unpaired) electrons. The molecule has 0 spiro atoms. The molecule has 0 N–H and O–H groups in total. The van der Waals surface area contributed by atoms with Gasteiger partial charge in [0.1, 0.15) is 11.2 Å². The first-order valence-electron chi connectivity index (χ1n) is 17.4. The molecule has 0 saturated heterocycles. The second-order valence-corrected chi connectivity index (χ2v) is 13.3. The summed E-state index contributed by atoms with van der Waals surface area (Å²) in [5.74, 6) is 0. The number of hydrogen-bond donors (Lipinski definition) is 0. The summed E-state index contributed by atoms with van der Waals surface area (Å²) < 4.78 is 11.1. The normalized spacial score (nSPS) is 11.9. The minimum absolute atomic E-state index is 0.901. The van der Waals surface area contributed by atoms with Crippen LogP contribution in [-0.4, -0.2) is 9.13 Å². The summed E-state index contributed by atoms with van der Waals surface area (Å²) in [7, 11) is 0. The number of fused-ring (bicyclic) bond motifs is 10. The van der Waals surface area contributed by atoms with Gasteiger partial charge in [-0.15, -0.1) is 0 Å². The summed E-state index contributed by atoms with van der Waals surface area (Å²) in [6.45, 7) is 0. The first-order valence-corrected chi connectivity index (χ1v) is 17.4. The van der Waals surface area contributed by atoms with Crippen molar-refractivity contribution in [2.24, 2.45) is 0 Å². The third kappa shape index (κ3) is 4.19. The van der Waals surface area contributed by atoms with Crippen molar-refractivity contribution >= 4 is 65.6 Å². The molecule has 51 heavy (non-hydrogen) atoms. The van der Waals surface area contributed by atoms with Gasteiger partial charge in [0.05, 0.1) is 22.1 Å². The molecule has 3 heteroatoms. The Morgan fingerprint density at radius 1 is 0.314 bits per heavy atom. The van der Waals surface area contributed by atoms with Crippen molar-refractivity contribution in [1.82, 2.24) is 9.13 Å². The number of rotatable bonds is 4. The van der Waals surface area contributed by atoms with Gasteiger partial charge in [-0.1, -0.05) is 127 Å². The number of furan rings is 1. The molecule has 0 unspecified atom stereocenters. The average molecular weight is 651 g/mol.